The van der Waals surface area contributed by atoms with Crippen molar-refractivity contribution in [3.63, 3.8) is 0 Å². The number of carbonyl (C=O) groups excluding carboxylic acids is 1. The molecule has 0 atom stereocenters. The molecule has 5 heteroatoms. The van der Waals surface area contributed by atoms with Gasteiger partial charge in [0.1, 0.15) is 5.69 Å². The Balaban J connectivity index is 2.48. The third-order valence-corrected chi connectivity index (χ3v) is 2.25. The monoisotopic (exact) mass is 249 g/mol. The minimum Gasteiger partial charge on any atom is -0.385 e. The summed E-state index contributed by atoms with van der Waals surface area (Å²) in [7, 11) is 1.64. The molecule has 0 saturated heterocycles. The van der Waals surface area contributed by atoms with Crippen LogP contribution in [0.1, 0.15) is 16.9 Å². The second-order valence-electron chi connectivity index (χ2n) is 3.70. The maximum Gasteiger partial charge on any atom is 0.269 e. The van der Waals surface area contributed by atoms with Crippen LogP contribution in [0.25, 0.3) is 0 Å². The van der Waals surface area contributed by atoms with Crippen molar-refractivity contribution in [2.75, 3.05) is 32.1 Å². The van der Waals surface area contributed by atoms with Crippen LogP contribution in [-0.2, 0) is 4.74 Å². The Bertz CT molecular complexity index is 394. The van der Waals surface area contributed by atoms with Crippen molar-refractivity contribution in [3.05, 3.63) is 36.7 Å². The molecule has 2 N–H and O–H groups in total. The first-order valence-corrected chi connectivity index (χ1v) is 5.86. The van der Waals surface area contributed by atoms with Gasteiger partial charge in [-0.15, -0.1) is 6.58 Å². The molecule has 0 spiro atoms. The Hall–Kier alpha value is -1.88. The first-order valence-electron chi connectivity index (χ1n) is 5.86. The molecule has 1 aromatic rings. The van der Waals surface area contributed by atoms with E-state index < -0.39 is 0 Å². The zero-order chi connectivity index (χ0) is 13.2. The van der Waals surface area contributed by atoms with Crippen LogP contribution < -0.4 is 10.6 Å². The van der Waals surface area contributed by atoms with Crippen molar-refractivity contribution in [1.29, 1.82) is 0 Å². The lowest BCUT2D eigenvalue weighted by atomic mass is 10.3. The summed E-state index contributed by atoms with van der Waals surface area (Å²) in [4.78, 5) is 15.8. The molecule has 0 aliphatic rings. The van der Waals surface area contributed by atoms with E-state index in [9.17, 15) is 4.79 Å². The number of hydrogen-bond acceptors (Lipinski definition) is 4. The van der Waals surface area contributed by atoms with E-state index in [1.54, 1.807) is 25.4 Å². The van der Waals surface area contributed by atoms with Crippen molar-refractivity contribution in [2.24, 2.45) is 0 Å². The highest BCUT2D eigenvalue weighted by molar-refractivity contribution is 5.93. The number of ether oxygens (including phenoxy) is 1. The van der Waals surface area contributed by atoms with Gasteiger partial charge in [0.2, 0.25) is 0 Å². The number of rotatable bonds is 8. The van der Waals surface area contributed by atoms with Gasteiger partial charge in [-0.25, -0.2) is 0 Å². The fourth-order valence-electron chi connectivity index (χ4n) is 1.36. The molecule has 0 fully saturated rings. The van der Waals surface area contributed by atoms with Gasteiger partial charge in [-0.1, -0.05) is 6.08 Å². The number of amides is 1. The number of carbonyl (C=O) groups is 1. The molecule has 1 aromatic heterocycles. The summed E-state index contributed by atoms with van der Waals surface area (Å²) in [6.07, 6.45) is 4.15. The third-order valence-electron chi connectivity index (χ3n) is 2.25. The molecule has 0 radical (unpaired) electrons. The first-order chi connectivity index (χ1) is 8.77. The Labute approximate surface area is 107 Å². The maximum atomic E-state index is 11.8. The van der Waals surface area contributed by atoms with Gasteiger partial charge in [-0.05, 0) is 18.6 Å². The molecule has 98 valence electrons. The Morgan fingerprint density at radius 2 is 2.44 bits per heavy atom. The SMILES string of the molecule is C=CCNc1ccnc(C(=O)NCCCOC)c1. The lowest BCUT2D eigenvalue weighted by Crippen LogP contribution is -2.26. The van der Waals surface area contributed by atoms with Gasteiger partial charge in [0.05, 0.1) is 0 Å². The quantitative estimate of drug-likeness (QED) is 0.540. The summed E-state index contributed by atoms with van der Waals surface area (Å²) < 4.78 is 4.91. The molecule has 1 rings (SSSR count). The zero-order valence-electron chi connectivity index (χ0n) is 10.6. The summed E-state index contributed by atoms with van der Waals surface area (Å²) in [5.74, 6) is -0.173. The van der Waals surface area contributed by atoms with Crippen LogP contribution >= 0.6 is 0 Å². The van der Waals surface area contributed by atoms with Crippen LogP contribution in [0.3, 0.4) is 0 Å². The van der Waals surface area contributed by atoms with Crippen LogP contribution in [0, 0.1) is 0 Å². The topological polar surface area (TPSA) is 63.2 Å². The molecule has 0 aromatic carbocycles. The minimum atomic E-state index is -0.173. The van der Waals surface area contributed by atoms with Crippen molar-refractivity contribution < 1.29 is 9.53 Å². The molecular weight excluding hydrogens is 230 g/mol. The Morgan fingerprint density at radius 1 is 1.61 bits per heavy atom. The smallest absolute Gasteiger partial charge is 0.269 e. The standard InChI is InChI=1S/C13H19N3O2/c1-3-6-14-11-5-8-15-12(10-11)13(17)16-7-4-9-18-2/h3,5,8,10H,1,4,6-7,9H2,2H3,(H,14,15)(H,16,17). The van der Waals surface area contributed by atoms with Crippen LogP contribution in [0.15, 0.2) is 31.0 Å². The number of anilines is 1. The number of pyridine rings is 1. The molecule has 0 unspecified atom stereocenters. The molecule has 18 heavy (non-hydrogen) atoms. The summed E-state index contributed by atoms with van der Waals surface area (Å²) in [5.41, 5.74) is 1.26. The van der Waals surface area contributed by atoms with E-state index in [1.165, 1.54) is 0 Å². The average molecular weight is 249 g/mol. The van der Waals surface area contributed by atoms with E-state index in [0.717, 1.165) is 12.1 Å². The summed E-state index contributed by atoms with van der Waals surface area (Å²) >= 11 is 0. The number of aromatic nitrogens is 1. The van der Waals surface area contributed by atoms with E-state index in [-0.39, 0.29) is 5.91 Å². The predicted octanol–water partition coefficient (Wildman–Crippen LogP) is 1.45. The van der Waals surface area contributed by atoms with Crippen molar-refractivity contribution in [2.45, 2.75) is 6.42 Å². The van der Waals surface area contributed by atoms with Crippen molar-refractivity contribution >= 4 is 11.6 Å². The highest BCUT2D eigenvalue weighted by atomic mass is 16.5. The number of nitrogens with one attached hydrogen (secondary N) is 2. The molecule has 0 saturated carbocycles. The van der Waals surface area contributed by atoms with Crippen LogP contribution in [-0.4, -0.2) is 37.7 Å². The lowest BCUT2D eigenvalue weighted by Gasteiger charge is -2.07. The molecule has 5 nitrogen and oxygen atoms in total. The van der Waals surface area contributed by atoms with Crippen molar-refractivity contribution in [1.82, 2.24) is 10.3 Å². The van der Waals surface area contributed by atoms with E-state index in [4.69, 9.17) is 4.74 Å². The highest BCUT2D eigenvalue weighted by Crippen LogP contribution is 2.07. The third kappa shape index (κ3) is 4.97. The second kappa shape index (κ2) is 8.25. The van der Waals surface area contributed by atoms with Gasteiger partial charge < -0.3 is 15.4 Å². The average Bonchev–Trinajstić information content (AvgIpc) is 2.41. The van der Waals surface area contributed by atoms with Gasteiger partial charge in [0.15, 0.2) is 0 Å². The molecule has 1 amide bonds. The molecule has 1 heterocycles. The van der Waals surface area contributed by atoms with E-state index >= 15 is 0 Å². The number of methoxy groups -OCH3 is 1. The highest BCUT2D eigenvalue weighted by Gasteiger charge is 2.06. The van der Waals surface area contributed by atoms with Gasteiger partial charge >= 0.3 is 0 Å². The van der Waals surface area contributed by atoms with Gasteiger partial charge in [0.25, 0.3) is 5.91 Å². The largest absolute Gasteiger partial charge is 0.385 e. The summed E-state index contributed by atoms with van der Waals surface area (Å²) in [6.45, 7) is 5.49. The minimum absolute atomic E-state index is 0.173. The molecule has 0 bridgehead atoms. The van der Waals surface area contributed by atoms with Gasteiger partial charge in [-0.2, -0.15) is 0 Å². The van der Waals surface area contributed by atoms with Crippen LogP contribution in [0.2, 0.25) is 0 Å². The Kier molecular flexibility index (Phi) is 6.50. The van der Waals surface area contributed by atoms with E-state index in [2.05, 4.69) is 22.2 Å². The Morgan fingerprint density at radius 3 is 3.17 bits per heavy atom. The summed E-state index contributed by atoms with van der Waals surface area (Å²) in [6, 6.07) is 3.53. The predicted molar refractivity (Wildman–Crippen MR) is 71.7 cm³/mol. The van der Waals surface area contributed by atoms with E-state index in [0.29, 0.717) is 25.4 Å². The van der Waals surface area contributed by atoms with E-state index in [1.807, 2.05) is 6.07 Å². The van der Waals surface area contributed by atoms with Crippen LogP contribution in [0.5, 0.6) is 0 Å². The second-order valence-corrected chi connectivity index (χ2v) is 3.70. The fraction of sp³-hybridized carbons (Fsp3) is 0.385. The number of nitrogens with zero attached hydrogens (tertiary/aromatic N) is 1. The zero-order valence-corrected chi connectivity index (χ0v) is 10.6. The fourth-order valence-corrected chi connectivity index (χ4v) is 1.36. The van der Waals surface area contributed by atoms with Crippen molar-refractivity contribution in [3.8, 4) is 0 Å². The molecule has 0 aliphatic heterocycles. The van der Waals surface area contributed by atoms with Gasteiger partial charge in [-0.3, -0.25) is 9.78 Å². The first kappa shape index (κ1) is 14.2. The van der Waals surface area contributed by atoms with Crippen LogP contribution in [0.4, 0.5) is 5.69 Å². The maximum absolute atomic E-state index is 11.8. The van der Waals surface area contributed by atoms with Gasteiger partial charge in [0, 0.05) is 38.7 Å². The summed E-state index contributed by atoms with van der Waals surface area (Å²) in [5, 5.41) is 5.90. The molecular formula is C13H19N3O2. The lowest BCUT2D eigenvalue weighted by molar-refractivity contribution is 0.0943. The normalized spacial score (nSPS) is 9.83. The number of hydrogen-bond donors (Lipinski definition) is 2. The molecule has 0 aliphatic carbocycles.